The fraction of sp³-hybridized carbons (Fsp3) is 0.0154. The van der Waals surface area contributed by atoms with Crippen LogP contribution in [0.1, 0.15) is 22.3 Å². The minimum Gasteiger partial charge on any atom is -0.455 e. The predicted molar refractivity (Wildman–Crippen MR) is 283 cm³/mol. The highest BCUT2D eigenvalue weighted by atomic mass is 16.3. The topological polar surface area (TPSA) is 21.3 Å². The Morgan fingerprint density at radius 3 is 1.79 bits per heavy atom. The van der Waals surface area contributed by atoms with Gasteiger partial charge in [-0.05, 0) is 117 Å². The molecule has 0 atom stereocenters. The summed E-state index contributed by atoms with van der Waals surface area (Å²) in [5.74, 6) is 0. The summed E-state index contributed by atoms with van der Waals surface area (Å²) >= 11 is 0. The van der Waals surface area contributed by atoms with Gasteiger partial charge in [-0.1, -0.05) is 182 Å². The number of hydrogen-bond donors (Lipinski definition) is 0. The van der Waals surface area contributed by atoms with E-state index in [4.69, 9.17) is 4.42 Å². The molecule has 13 aromatic rings. The molecule has 0 spiro atoms. The molecule has 14 rings (SSSR count). The summed E-state index contributed by atoms with van der Waals surface area (Å²) in [7, 11) is 0. The van der Waals surface area contributed by atoms with E-state index >= 15 is 0 Å². The van der Waals surface area contributed by atoms with E-state index in [-0.39, 0.29) is 0 Å². The van der Waals surface area contributed by atoms with Crippen molar-refractivity contribution in [2.75, 3.05) is 4.90 Å². The molecule has 0 saturated heterocycles. The molecule has 0 fully saturated rings. The lowest BCUT2D eigenvalue weighted by molar-refractivity contribution is 0.672. The molecule has 0 saturated carbocycles. The fourth-order valence-corrected chi connectivity index (χ4v) is 11.5. The minimum absolute atomic E-state index is 0.536. The molecule has 318 valence electrons. The second-order valence-corrected chi connectivity index (χ2v) is 18.0. The molecule has 68 heavy (non-hydrogen) atoms. The van der Waals surface area contributed by atoms with E-state index in [0.29, 0.717) is 0 Å². The van der Waals surface area contributed by atoms with Crippen molar-refractivity contribution in [2.45, 2.75) is 5.41 Å². The average Bonchev–Trinajstić information content (AvgIpc) is 4.07. The van der Waals surface area contributed by atoms with Crippen LogP contribution in [0, 0.1) is 0 Å². The van der Waals surface area contributed by atoms with E-state index in [9.17, 15) is 0 Å². The molecule has 0 unspecified atom stereocenters. The molecule has 1 aliphatic carbocycles. The zero-order valence-corrected chi connectivity index (χ0v) is 37.1. The zero-order chi connectivity index (χ0) is 44.8. The van der Waals surface area contributed by atoms with Crippen LogP contribution in [0.4, 0.5) is 17.1 Å². The largest absolute Gasteiger partial charge is 0.455 e. The molecule has 11 aromatic carbocycles. The maximum absolute atomic E-state index is 6.69. The van der Waals surface area contributed by atoms with E-state index in [2.05, 4.69) is 258 Å². The molecule has 0 bridgehead atoms. The SMILES string of the molecule is c1ccc(-n2c3ccccc3c3cc(-c4ccc(N(c5ccc6ccc7c8ccccc8oc7c6c5)c5cccc6c5-c5ccccc5C6(c5ccccc5)c5ccccc5)cc4)ccc32)cc1. The quantitative estimate of drug-likeness (QED) is 0.159. The van der Waals surface area contributed by atoms with Crippen LogP contribution in [-0.4, -0.2) is 4.57 Å². The van der Waals surface area contributed by atoms with Crippen molar-refractivity contribution >= 4 is 71.6 Å². The van der Waals surface area contributed by atoms with Gasteiger partial charge < -0.3 is 13.9 Å². The maximum Gasteiger partial charge on any atom is 0.143 e. The van der Waals surface area contributed by atoms with Crippen LogP contribution in [0.2, 0.25) is 0 Å². The van der Waals surface area contributed by atoms with Crippen LogP contribution >= 0.6 is 0 Å². The lowest BCUT2D eigenvalue weighted by Gasteiger charge is -2.34. The van der Waals surface area contributed by atoms with Crippen LogP contribution in [0.3, 0.4) is 0 Å². The summed E-state index contributed by atoms with van der Waals surface area (Å²) in [6, 6.07) is 93.1. The normalized spacial score (nSPS) is 12.8. The van der Waals surface area contributed by atoms with Crippen LogP contribution in [0.15, 0.2) is 259 Å². The number of benzene rings is 11. The van der Waals surface area contributed by atoms with Gasteiger partial charge in [-0.25, -0.2) is 0 Å². The Bertz CT molecular complexity index is 4030. The maximum atomic E-state index is 6.69. The highest BCUT2D eigenvalue weighted by Crippen LogP contribution is 2.59. The summed E-state index contributed by atoms with van der Waals surface area (Å²) in [6.45, 7) is 0. The van der Waals surface area contributed by atoms with Crippen molar-refractivity contribution in [3.05, 3.63) is 277 Å². The molecule has 1 aliphatic rings. The lowest BCUT2D eigenvalue weighted by atomic mass is 9.68. The summed E-state index contributed by atoms with van der Waals surface area (Å²) in [5.41, 5.74) is 17.9. The summed E-state index contributed by atoms with van der Waals surface area (Å²) < 4.78 is 9.06. The monoisotopic (exact) mass is 866 g/mol. The van der Waals surface area contributed by atoms with Gasteiger partial charge in [0.2, 0.25) is 0 Å². The third-order valence-electron chi connectivity index (χ3n) is 14.5. The smallest absolute Gasteiger partial charge is 0.143 e. The minimum atomic E-state index is -0.536. The van der Waals surface area contributed by atoms with Crippen molar-refractivity contribution in [1.82, 2.24) is 4.57 Å². The van der Waals surface area contributed by atoms with Crippen LogP contribution in [0.5, 0.6) is 0 Å². The predicted octanol–water partition coefficient (Wildman–Crippen LogP) is 17.3. The highest BCUT2D eigenvalue weighted by Gasteiger charge is 2.47. The van der Waals surface area contributed by atoms with Crippen LogP contribution in [-0.2, 0) is 5.41 Å². The molecule has 0 N–H and O–H groups in total. The third-order valence-corrected chi connectivity index (χ3v) is 14.5. The van der Waals surface area contributed by atoms with Gasteiger partial charge >= 0.3 is 0 Å². The Morgan fingerprint density at radius 2 is 1.00 bits per heavy atom. The molecular formula is C65H42N2O. The average molecular weight is 867 g/mol. The summed E-state index contributed by atoms with van der Waals surface area (Å²) in [6.07, 6.45) is 0. The molecule has 2 aromatic heterocycles. The van der Waals surface area contributed by atoms with E-state index in [1.807, 2.05) is 6.07 Å². The standard InChI is InChI=1S/C65H42N2O/c1-4-17-46(18-5-1)65(47-19-6-2-7-20-47)57-26-13-10-25-54(57)63-58(65)27-16-29-61(63)66(50-38-33-44-34-39-53-52-24-12-15-30-62(52)68-64(53)55(44)42-50)49-36-31-43(32-37-49)45-35-40-60-56(41-45)51-23-11-14-28-59(51)67(60)48-21-8-3-9-22-48/h1-42H. The van der Waals surface area contributed by atoms with E-state index in [1.165, 1.54) is 60.8 Å². The number of rotatable bonds is 7. The molecule has 3 heteroatoms. The molecule has 2 heterocycles. The van der Waals surface area contributed by atoms with Crippen molar-refractivity contribution in [1.29, 1.82) is 0 Å². The number of anilines is 3. The Kier molecular flexibility index (Phi) is 8.50. The van der Waals surface area contributed by atoms with Crippen LogP contribution < -0.4 is 4.90 Å². The first-order chi connectivity index (χ1) is 33.7. The van der Waals surface area contributed by atoms with Gasteiger partial charge in [0.25, 0.3) is 0 Å². The first-order valence-corrected chi connectivity index (χ1v) is 23.4. The van der Waals surface area contributed by atoms with E-state index in [0.717, 1.165) is 61.0 Å². The first-order valence-electron chi connectivity index (χ1n) is 23.4. The van der Waals surface area contributed by atoms with Crippen LogP contribution in [0.25, 0.3) is 82.5 Å². The van der Waals surface area contributed by atoms with Gasteiger partial charge in [0.15, 0.2) is 0 Å². The second kappa shape index (κ2) is 15.1. The highest BCUT2D eigenvalue weighted by molar-refractivity contribution is 6.16. The van der Waals surface area contributed by atoms with Gasteiger partial charge in [-0.3, -0.25) is 0 Å². The second-order valence-electron chi connectivity index (χ2n) is 18.0. The molecule has 0 radical (unpaired) electrons. The Hall–Kier alpha value is -8.92. The number of para-hydroxylation sites is 3. The van der Waals surface area contributed by atoms with E-state index in [1.54, 1.807) is 0 Å². The number of aromatic nitrogens is 1. The number of nitrogens with zero attached hydrogens (tertiary/aromatic N) is 2. The molecule has 0 amide bonds. The first kappa shape index (κ1) is 38.4. The molecule has 3 nitrogen and oxygen atoms in total. The third kappa shape index (κ3) is 5.60. The van der Waals surface area contributed by atoms with Crippen molar-refractivity contribution in [2.24, 2.45) is 0 Å². The van der Waals surface area contributed by atoms with Crippen molar-refractivity contribution in [3.63, 3.8) is 0 Å². The van der Waals surface area contributed by atoms with Gasteiger partial charge in [0.1, 0.15) is 11.2 Å². The van der Waals surface area contributed by atoms with Crippen molar-refractivity contribution in [3.8, 4) is 27.9 Å². The lowest BCUT2D eigenvalue weighted by Crippen LogP contribution is -2.28. The van der Waals surface area contributed by atoms with E-state index < -0.39 is 5.41 Å². The Morgan fingerprint density at radius 1 is 0.382 bits per heavy atom. The van der Waals surface area contributed by atoms with Crippen molar-refractivity contribution < 1.29 is 4.42 Å². The molecule has 0 aliphatic heterocycles. The van der Waals surface area contributed by atoms with Gasteiger partial charge in [-0.2, -0.15) is 0 Å². The number of furan rings is 1. The summed E-state index contributed by atoms with van der Waals surface area (Å²) in [5, 5.41) is 6.94. The zero-order valence-electron chi connectivity index (χ0n) is 37.1. The van der Waals surface area contributed by atoms with Gasteiger partial charge in [0, 0.05) is 49.6 Å². The van der Waals surface area contributed by atoms with Gasteiger partial charge in [-0.15, -0.1) is 0 Å². The molecular weight excluding hydrogens is 825 g/mol. The number of hydrogen-bond acceptors (Lipinski definition) is 2. The number of fused-ring (bicyclic) bond motifs is 11. The Balaban J connectivity index is 0.989. The fourth-order valence-electron chi connectivity index (χ4n) is 11.5. The van der Waals surface area contributed by atoms with Gasteiger partial charge in [0.05, 0.1) is 22.1 Å². The summed E-state index contributed by atoms with van der Waals surface area (Å²) in [4.78, 5) is 2.46. The Labute approximate surface area is 394 Å².